The molecule has 194 valence electrons. The second-order valence-electron chi connectivity index (χ2n) is 11.8. The SMILES string of the molecule is CC(C)(C)c1ccc(N(C(=O)O)c2cccc(F)c2CC2C3CCC2CN(Cc2ccccc2)C3)cc1. The molecule has 2 unspecified atom stereocenters. The minimum Gasteiger partial charge on any atom is -0.464 e. The summed E-state index contributed by atoms with van der Waals surface area (Å²) in [7, 11) is 0. The smallest absolute Gasteiger partial charge is 0.416 e. The van der Waals surface area contributed by atoms with Crippen LogP contribution in [0.4, 0.5) is 20.6 Å². The fraction of sp³-hybridized carbons (Fsp3) is 0.406. The summed E-state index contributed by atoms with van der Waals surface area (Å²) in [5.74, 6) is 1.04. The van der Waals surface area contributed by atoms with Gasteiger partial charge >= 0.3 is 6.09 Å². The molecule has 2 fully saturated rings. The van der Waals surface area contributed by atoms with E-state index in [1.807, 2.05) is 30.3 Å². The minimum atomic E-state index is -1.10. The summed E-state index contributed by atoms with van der Waals surface area (Å²) in [5, 5.41) is 10.2. The van der Waals surface area contributed by atoms with Gasteiger partial charge in [0.25, 0.3) is 0 Å². The first-order valence-electron chi connectivity index (χ1n) is 13.4. The van der Waals surface area contributed by atoms with Crippen LogP contribution >= 0.6 is 0 Å². The minimum absolute atomic E-state index is 0.0365. The van der Waals surface area contributed by atoms with Gasteiger partial charge in [-0.25, -0.2) is 14.1 Å². The molecule has 1 aliphatic heterocycles. The molecule has 1 saturated heterocycles. The average molecular weight is 501 g/mol. The Balaban J connectivity index is 1.39. The number of carboxylic acid groups (broad SMARTS) is 1. The van der Waals surface area contributed by atoms with Crippen molar-refractivity contribution in [2.45, 2.75) is 52.0 Å². The Kier molecular flexibility index (Phi) is 7.09. The molecule has 2 bridgehead atoms. The third kappa shape index (κ3) is 5.42. The number of piperidine rings is 1. The molecule has 0 radical (unpaired) electrons. The monoisotopic (exact) mass is 500 g/mol. The molecule has 2 aliphatic rings. The summed E-state index contributed by atoms with van der Waals surface area (Å²) >= 11 is 0. The van der Waals surface area contributed by atoms with Gasteiger partial charge in [0, 0.05) is 25.2 Å². The number of carbonyl (C=O) groups is 1. The fourth-order valence-electron chi connectivity index (χ4n) is 6.39. The lowest BCUT2D eigenvalue weighted by atomic mass is 9.80. The maximum atomic E-state index is 15.4. The molecule has 1 heterocycles. The van der Waals surface area contributed by atoms with Crippen molar-refractivity contribution in [3.05, 3.63) is 95.3 Å². The zero-order valence-electron chi connectivity index (χ0n) is 22.0. The summed E-state index contributed by atoms with van der Waals surface area (Å²) in [6, 6.07) is 23.0. The van der Waals surface area contributed by atoms with E-state index in [4.69, 9.17) is 0 Å². The van der Waals surface area contributed by atoms with E-state index < -0.39 is 6.09 Å². The maximum Gasteiger partial charge on any atom is 0.416 e. The molecule has 1 saturated carbocycles. The lowest BCUT2D eigenvalue weighted by Gasteiger charge is -2.38. The van der Waals surface area contributed by atoms with Gasteiger partial charge in [0.1, 0.15) is 5.82 Å². The lowest BCUT2D eigenvalue weighted by Crippen LogP contribution is -2.42. The highest BCUT2D eigenvalue weighted by atomic mass is 19.1. The molecule has 3 aromatic rings. The summed E-state index contributed by atoms with van der Waals surface area (Å²) in [6.07, 6.45) is 1.78. The number of rotatable bonds is 6. The molecule has 37 heavy (non-hydrogen) atoms. The van der Waals surface area contributed by atoms with E-state index in [1.54, 1.807) is 12.1 Å². The quantitative estimate of drug-likeness (QED) is 0.378. The van der Waals surface area contributed by atoms with Crippen LogP contribution in [0.5, 0.6) is 0 Å². The van der Waals surface area contributed by atoms with Crippen molar-refractivity contribution in [2.24, 2.45) is 17.8 Å². The van der Waals surface area contributed by atoms with Crippen molar-refractivity contribution in [1.82, 2.24) is 4.90 Å². The van der Waals surface area contributed by atoms with Crippen LogP contribution in [0.3, 0.4) is 0 Å². The molecule has 5 rings (SSSR count). The molecule has 1 aliphatic carbocycles. The van der Waals surface area contributed by atoms with Crippen LogP contribution < -0.4 is 4.90 Å². The first kappa shape index (κ1) is 25.5. The molecular formula is C32H37FN2O2. The summed E-state index contributed by atoms with van der Waals surface area (Å²) < 4.78 is 15.4. The van der Waals surface area contributed by atoms with Crippen molar-refractivity contribution in [2.75, 3.05) is 18.0 Å². The molecule has 2 atom stereocenters. The van der Waals surface area contributed by atoms with Gasteiger partial charge in [-0.3, -0.25) is 4.90 Å². The van der Waals surface area contributed by atoms with E-state index in [-0.39, 0.29) is 11.2 Å². The normalized spacial score (nSPS) is 21.7. The molecule has 3 aromatic carbocycles. The first-order chi connectivity index (χ1) is 17.7. The van der Waals surface area contributed by atoms with Crippen molar-refractivity contribution in [3.8, 4) is 0 Å². The summed E-state index contributed by atoms with van der Waals surface area (Å²) in [5.41, 5.74) is 3.90. The number of amides is 1. The first-order valence-corrected chi connectivity index (χ1v) is 13.4. The number of hydrogen-bond donors (Lipinski definition) is 1. The number of nitrogens with zero attached hydrogens (tertiary/aromatic N) is 2. The third-order valence-corrected chi connectivity index (χ3v) is 8.31. The third-order valence-electron chi connectivity index (χ3n) is 8.31. The predicted octanol–water partition coefficient (Wildman–Crippen LogP) is 7.64. The summed E-state index contributed by atoms with van der Waals surface area (Å²) in [4.78, 5) is 16.3. The van der Waals surface area contributed by atoms with Crippen LogP contribution in [-0.2, 0) is 18.4 Å². The Bertz CT molecular complexity index is 1220. The molecule has 1 N–H and O–H groups in total. The summed E-state index contributed by atoms with van der Waals surface area (Å²) in [6.45, 7) is 9.35. The van der Waals surface area contributed by atoms with Gasteiger partial charge in [-0.2, -0.15) is 0 Å². The molecule has 4 nitrogen and oxygen atoms in total. The number of likely N-dealkylation sites (tertiary alicyclic amines) is 1. The zero-order valence-corrected chi connectivity index (χ0v) is 22.0. The van der Waals surface area contributed by atoms with Gasteiger partial charge < -0.3 is 5.11 Å². The van der Waals surface area contributed by atoms with E-state index >= 15 is 4.39 Å². The van der Waals surface area contributed by atoms with E-state index in [0.717, 1.165) is 38.0 Å². The molecule has 0 aromatic heterocycles. The van der Waals surface area contributed by atoms with Gasteiger partial charge in [0.2, 0.25) is 0 Å². The fourth-order valence-corrected chi connectivity index (χ4v) is 6.39. The van der Waals surface area contributed by atoms with Gasteiger partial charge in [-0.15, -0.1) is 0 Å². The number of hydrogen-bond acceptors (Lipinski definition) is 2. The average Bonchev–Trinajstić information content (AvgIpc) is 3.08. The van der Waals surface area contributed by atoms with Crippen molar-refractivity contribution in [3.63, 3.8) is 0 Å². The predicted molar refractivity (Wildman–Crippen MR) is 147 cm³/mol. The number of anilines is 2. The van der Waals surface area contributed by atoms with E-state index in [9.17, 15) is 9.90 Å². The molecular weight excluding hydrogens is 463 g/mol. The highest BCUT2D eigenvalue weighted by Crippen LogP contribution is 2.45. The van der Waals surface area contributed by atoms with Crippen LogP contribution in [0.2, 0.25) is 0 Å². The van der Waals surface area contributed by atoms with Crippen molar-refractivity contribution < 1.29 is 14.3 Å². The Hall–Kier alpha value is -3.18. The maximum absolute atomic E-state index is 15.4. The molecule has 1 amide bonds. The highest BCUT2D eigenvalue weighted by Gasteiger charge is 2.42. The van der Waals surface area contributed by atoms with Crippen LogP contribution in [0.15, 0.2) is 72.8 Å². The highest BCUT2D eigenvalue weighted by molar-refractivity contribution is 5.95. The largest absolute Gasteiger partial charge is 0.464 e. The van der Waals surface area contributed by atoms with Gasteiger partial charge in [-0.05, 0) is 77.8 Å². The molecule has 5 heteroatoms. The van der Waals surface area contributed by atoms with Gasteiger partial charge in [-0.1, -0.05) is 69.3 Å². The number of halogens is 1. The van der Waals surface area contributed by atoms with Crippen LogP contribution in [0.1, 0.15) is 50.3 Å². The van der Waals surface area contributed by atoms with Crippen molar-refractivity contribution in [1.29, 1.82) is 0 Å². The Morgan fingerprint density at radius 3 is 2.19 bits per heavy atom. The van der Waals surface area contributed by atoms with Crippen molar-refractivity contribution >= 4 is 17.5 Å². The standard InChI is InChI=1S/C32H37FN2O2/c1-32(2,3)25-14-16-26(17-15-25)35(31(36)37)30-11-7-10-29(33)28(30)18-27-23-12-13-24(27)21-34(20-23)19-22-8-5-4-6-9-22/h4-11,14-17,23-24,27H,12-13,18-21H2,1-3H3,(H,36,37). The Morgan fingerprint density at radius 1 is 0.946 bits per heavy atom. The number of fused-ring (bicyclic) bond motifs is 2. The second kappa shape index (κ2) is 10.3. The van der Waals surface area contributed by atoms with E-state index in [1.165, 1.54) is 16.5 Å². The van der Waals surface area contributed by atoms with Crippen LogP contribution in [0, 0.1) is 23.6 Å². The number of benzene rings is 3. The topological polar surface area (TPSA) is 43.8 Å². The zero-order chi connectivity index (χ0) is 26.2. The lowest BCUT2D eigenvalue weighted by molar-refractivity contribution is 0.103. The van der Waals surface area contributed by atoms with Crippen LogP contribution in [0.25, 0.3) is 0 Å². The van der Waals surface area contributed by atoms with Gasteiger partial charge in [0.15, 0.2) is 0 Å². The van der Waals surface area contributed by atoms with E-state index in [2.05, 4.69) is 49.9 Å². The van der Waals surface area contributed by atoms with E-state index in [0.29, 0.717) is 41.1 Å². The Labute approximate surface area is 219 Å². The van der Waals surface area contributed by atoms with Crippen LogP contribution in [-0.4, -0.2) is 29.2 Å². The molecule has 0 spiro atoms. The Morgan fingerprint density at radius 2 is 1.59 bits per heavy atom. The second-order valence-corrected chi connectivity index (χ2v) is 11.8. The van der Waals surface area contributed by atoms with Gasteiger partial charge in [0.05, 0.1) is 11.4 Å².